The Morgan fingerprint density at radius 3 is 2.36 bits per heavy atom. The summed E-state index contributed by atoms with van der Waals surface area (Å²) in [5.74, 6) is 2.77. The minimum atomic E-state index is 0. The number of hydrogen-bond donors (Lipinski definition) is 0. The summed E-state index contributed by atoms with van der Waals surface area (Å²) in [6.45, 7) is 4.76. The topological polar surface area (TPSA) is 50.7 Å². The van der Waals surface area contributed by atoms with Crippen LogP contribution in [0.25, 0.3) is 0 Å². The zero-order chi connectivity index (χ0) is 16.1. The van der Waals surface area contributed by atoms with E-state index in [1.165, 1.54) is 0 Å². The molecule has 8 heteroatoms. The van der Waals surface area contributed by atoms with Gasteiger partial charge in [-0.05, 0) is 24.3 Å². The Morgan fingerprint density at radius 1 is 1.00 bits per heavy atom. The number of ether oxygens (including phenoxy) is 2. The maximum absolute atomic E-state index is 5.47. The van der Waals surface area contributed by atoms with Crippen molar-refractivity contribution in [2.24, 2.45) is 0 Å². The summed E-state index contributed by atoms with van der Waals surface area (Å²) >= 11 is 0. The first-order valence-electron chi connectivity index (χ1n) is 7.74. The summed E-state index contributed by atoms with van der Waals surface area (Å²) in [4.78, 5) is 13.0. The van der Waals surface area contributed by atoms with E-state index in [0.29, 0.717) is 0 Å². The molecule has 0 aliphatic carbocycles. The standard InChI is InChI=1S/C17H22N4O2.2ClH/c1-22-15-3-4-16(23-2)14(11-15)12-20-7-9-21(10-8-20)17-5-6-18-13-19-17;;/h3-6,11,13H,7-10,12H2,1-2H3;2*1H. The summed E-state index contributed by atoms with van der Waals surface area (Å²) in [5.41, 5.74) is 1.15. The molecule has 1 aliphatic rings. The quantitative estimate of drug-likeness (QED) is 0.787. The van der Waals surface area contributed by atoms with Crippen molar-refractivity contribution in [1.82, 2.24) is 14.9 Å². The van der Waals surface area contributed by atoms with Crippen LogP contribution in [-0.2, 0) is 6.54 Å². The Hall–Kier alpha value is -1.76. The molecule has 0 bridgehead atoms. The van der Waals surface area contributed by atoms with Crippen LogP contribution in [0.5, 0.6) is 11.5 Å². The van der Waals surface area contributed by atoms with E-state index in [2.05, 4.69) is 25.8 Å². The normalized spacial score (nSPS) is 14.2. The highest BCUT2D eigenvalue weighted by atomic mass is 35.5. The van der Waals surface area contributed by atoms with E-state index in [4.69, 9.17) is 9.47 Å². The SMILES string of the molecule is COc1ccc(OC)c(CN2CCN(c3ccncn3)CC2)c1.Cl.Cl. The second kappa shape index (κ2) is 10.3. The lowest BCUT2D eigenvalue weighted by atomic mass is 10.1. The summed E-state index contributed by atoms with van der Waals surface area (Å²) in [6.07, 6.45) is 3.39. The third-order valence-corrected chi connectivity index (χ3v) is 4.14. The van der Waals surface area contributed by atoms with Crippen molar-refractivity contribution in [2.45, 2.75) is 6.54 Å². The van der Waals surface area contributed by atoms with Gasteiger partial charge in [0.1, 0.15) is 23.6 Å². The number of anilines is 1. The largest absolute Gasteiger partial charge is 0.497 e. The van der Waals surface area contributed by atoms with Crippen LogP contribution >= 0.6 is 24.8 Å². The van der Waals surface area contributed by atoms with E-state index in [0.717, 1.165) is 55.6 Å². The Balaban J connectivity index is 0.00000156. The number of benzene rings is 1. The van der Waals surface area contributed by atoms with Gasteiger partial charge in [0, 0.05) is 44.5 Å². The van der Waals surface area contributed by atoms with Gasteiger partial charge in [-0.2, -0.15) is 0 Å². The van der Waals surface area contributed by atoms with Gasteiger partial charge in [0.05, 0.1) is 14.2 Å². The van der Waals surface area contributed by atoms with E-state index in [1.54, 1.807) is 26.7 Å². The maximum atomic E-state index is 5.47. The molecule has 0 unspecified atom stereocenters. The summed E-state index contributed by atoms with van der Waals surface area (Å²) < 4.78 is 10.8. The highest BCUT2D eigenvalue weighted by Crippen LogP contribution is 2.26. The van der Waals surface area contributed by atoms with Crippen LogP contribution in [0.4, 0.5) is 5.82 Å². The van der Waals surface area contributed by atoms with Gasteiger partial charge in [0.25, 0.3) is 0 Å². The van der Waals surface area contributed by atoms with Crippen LogP contribution in [-0.4, -0.2) is 55.3 Å². The van der Waals surface area contributed by atoms with Crippen LogP contribution in [0.2, 0.25) is 0 Å². The molecule has 6 nitrogen and oxygen atoms in total. The number of rotatable bonds is 5. The Bertz CT molecular complexity index is 638. The third kappa shape index (κ3) is 5.36. The Morgan fingerprint density at radius 2 is 1.76 bits per heavy atom. The molecule has 0 saturated carbocycles. The van der Waals surface area contributed by atoms with Crippen LogP contribution in [0.1, 0.15) is 5.56 Å². The lowest BCUT2D eigenvalue weighted by molar-refractivity contribution is 0.245. The first-order chi connectivity index (χ1) is 11.3. The van der Waals surface area contributed by atoms with Crippen LogP contribution in [0.15, 0.2) is 36.8 Å². The number of piperazine rings is 1. The van der Waals surface area contributed by atoms with E-state index >= 15 is 0 Å². The molecule has 0 N–H and O–H groups in total. The van der Waals surface area contributed by atoms with Crippen molar-refractivity contribution in [3.8, 4) is 11.5 Å². The Kier molecular flexibility index (Phi) is 8.75. The highest BCUT2D eigenvalue weighted by Gasteiger charge is 2.19. The average molecular weight is 387 g/mol. The zero-order valence-electron chi connectivity index (χ0n) is 14.4. The molecule has 2 aromatic rings. The molecular formula is C17H24Cl2N4O2. The molecule has 1 fully saturated rings. The number of halogens is 2. The van der Waals surface area contributed by atoms with Gasteiger partial charge in [-0.15, -0.1) is 24.8 Å². The third-order valence-electron chi connectivity index (χ3n) is 4.14. The summed E-state index contributed by atoms with van der Waals surface area (Å²) in [6, 6.07) is 7.90. The van der Waals surface area contributed by atoms with Gasteiger partial charge >= 0.3 is 0 Å². The average Bonchev–Trinajstić information content (AvgIpc) is 2.63. The van der Waals surface area contributed by atoms with Crippen molar-refractivity contribution in [3.63, 3.8) is 0 Å². The van der Waals surface area contributed by atoms with Crippen molar-refractivity contribution in [2.75, 3.05) is 45.3 Å². The molecule has 0 spiro atoms. The minimum Gasteiger partial charge on any atom is -0.497 e. The van der Waals surface area contributed by atoms with Gasteiger partial charge in [0.15, 0.2) is 0 Å². The predicted molar refractivity (Wildman–Crippen MR) is 104 cm³/mol. The van der Waals surface area contributed by atoms with Gasteiger partial charge in [-0.1, -0.05) is 0 Å². The summed E-state index contributed by atoms with van der Waals surface area (Å²) in [7, 11) is 3.39. The lowest BCUT2D eigenvalue weighted by Crippen LogP contribution is -2.46. The highest BCUT2D eigenvalue weighted by molar-refractivity contribution is 5.85. The smallest absolute Gasteiger partial charge is 0.131 e. The fourth-order valence-corrected chi connectivity index (χ4v) is 2.85. The number of hydrogen-bond acceptors (Lipinski definition) is 6. The number of aromatic nitrogens is 2. The monoisotopic (exact) mass is 386 g/mol. The Labute approximate surface area is 161 Å². The molecule has 0 radical (unpaired) electrons. The predicted octanol–water partition coefficient (Wildman–Crippen LogP) is 2.66. The van der Waals surface area contributed by atoms with Gasteiger partial charge in [0.2, 0.25) is 0 Å². The molecule has 1 aromatic carbocycles. The van der Waals surface area contributed by atoms with Gasteiger partial charge in [-0.25, -0.2) is 9.97 Å². The molecule has 138 valence electrons. The maximum Gasteiger partial charge on any atom is 0.131 e. The van der Waals surface area contributed by atoms with Crippen molar-refractivity contribution >= 4 is 30.6 Å². The molecule has 0 amide bonds. The van der Waals surface area contributed by atoms with E-state index in [1.807, 2.05) is 18.2 Å². The number of methoxy groups -OCH3 is 2. The minimum absolute atomic E-state index is 0. The molecule has 3 rings (SSSR count). The van der Waals surface area contributed by atoms with Crippen molar-refractivity contribution < 1.29 is 9.47 Å². The van der Waals surface area contributed by atoms with E-state index in [-0.39, 0.29) is 24.8 Å². The second-order valence-corrected chi connectivity index (χ2v) is 5.51. The molecule has 2 heterocycles. The van der Waals surface area contributed by atoms with Crippen molar-refractivity contribution in [3.05, 3.63) is 42.4 Å². The zero-order valence-corrected chi connectivity index (χ0v) is 16.1. The second-order valence-electron chi connectivity index (χ2n) is 5.51. The van der Waals surface area contributed by atoms with Gasteiger partial charge in [-0.3, -0.25) is 4.90 Å². The first kappa shape index (κ1) is 21.3. The van der Waals surface area contributed by atoms with E-state index < -0.39 is 0 Å². The molecule has 25 heavy (non-hydrogen) atoms. The molecular weight excluding hydrogens is 363 g/mol. The van der Waals surface area contributed by atoms with Gasteiger partial charge < -0.3 is 14.4 Å². The fourth-order valence-electron chi connectivity index (χ4n) is 2.85. The summed E-state index contributed by atoms with van der Waals surface area (Å²) in [5, 5.41) is 0. The number of nitrogens with zero attached hydrogens (tertiary/aromatic N) is 4. The van der Waals surface area contributed by atoms with Crippen LogP contribution in [0.3, 0.4) is 0 Å². The molecule has 0 atom stereocenters. The van der Waals surface area contributed by atoms with E-state index in [9.17, 15) is 0 Å². The molecule has 1 aliphatic heterocycles. The first-order valence-corrected chi connectivity index (χ1v) is 7.74. The lowest BCUT2D eigenvalue weighted by Gasteiger charge is -2.35. The van der Waals surface area contributed by atoms with Crippen LogP contribution in [0, 0.1) is 0 Å². The molecule has 1 aromatic heterocycles. The van der Waals surface area contributed by atoms with Crippen molar-refractivity contribution in [1.29, 1.82) is 0 Å². The molecule has 1 saturated heterocycles. The van der Waals surface area contributed by atoms with Crippen LogP contribution < -0.4 is 14.4 Å². The fraction of sp³-hybridized carbons (Fsp3) is 0.412.